The fourth-order valence-corrected chi connectivity index (χ4v) is 2.27. The van der Waals surface area contributed by atoms with Crippen LogP contribution in [0.5, 0.6) is 17.2 Å². The molecule has 0 aliphatic carbocycles. The van der Waals surface area contributed by atoms with Gasteiger partial charge in [0.25, 0.3) is 5.91 Å². The van der Waals surface area contributed by atoms with Crippen LogP contribution in [0, 0.1) is 0 Å². The Morgan fingerprint density at radius 2 is 1.78 bits per heavy atom. The van der Waals surface area contributed by atoms with E-state index in [1.165, 1.54) is 18.2 Å². The molecule has 0 bridgehead atoms. The van der Waals surface area contributed by atoms with E-state index in [0.717, 1.165) is 0 Å². The third-order valence-corrected chi connectivity index (χ3v) is 3.58. The molecule has 27 heavy (non-hydrogen) atoms. The zero-order valence-electron chi connectivity index (χ0n) is 14.7. The first kappa shape index (κ1) is 20.4. The minimum Gasteiger partial charge on any atom is -0.492 e. The maximum atomic E-state index is 12.3. The van der Waals surface area contributed by atoms with Crippen molar-refractivity contribution >= 4 is 23.5 Å². The van der Waals surface area contributed by atoms with Gasteiger partial charge in [-0.1, -0.05) is 11.6 Å². The van der Waals surface area contributed by atoms with Gasteiger partial charge in [-0.05, 0) is 49.4 Å². The first-order valence-corrected chi connectivity index (χ1v) is 8.65. The lowest BCUT2D eigenvalue weighted by molar-refractivity contribution is -0.139. The van der Waals surface area contributed by atoms with Crippen molar-refractivity contribution in [2.24, 2.45) is 0 Å². The number of carboxylic acids is 1. The van der Waals surface area contributed by atoms with Crippen molar-refractivity contribution < 1.29 is 28.9 Å². The van der Waals surface area contributed by atoms with Crippen LogP contribution < -0.4 is 19.5 Å². The second-order valence-corrected chi connectivity index (χ2v) is 5.77. The molecular weight excluding hydrogens is 374 g/mol. The summed E-state index contributed by atoms with van der Waals surface area (Å²) in [5, 5.41) is 12.1. The Morgan fingerprint density at radius 1 is 1.04 bits per heavy atom. The standard InChI is InChI=1S/C19H20ClNO6/c1-2-25-17-11-13(3-8-16(17)27-12-18(22)23)19(24)21-9-10-26-15-6-4-14(20)5-7-15/h3-8,11H,2,9-10,12H2,1H3,(H,21,24)(H,22,23). The molecule has 2 aromatic carbocycles. The Bertz CT molecular complexity index is 778. The van der Waals surface area contributed by atoms with E-state index in [0.29, 0.717) is 41.8 Å². The molecular formula is C19H20ClNO6. The summed E-state index contributed by atoms with van der Waals surface area (Å²) in [7, 11) is 0. The van der Waals surface area contributed by atoms with Gasteiger partial charge in [0.05, 0.1) is 13.2 Å². The lowest BCUT2D eigenvalue weighted by Crippen LogP contribution is -2.28. The minimum absolute atomic E-state index is 0.266. The average Bonchev–Trinajstić information content (AvgIpc) is 2.65. The van der Waals surface area contributed by atoms with Crippen molar-refractivity contribution in [2.75, 3.05) is 26.4 Å². The molecule has 2 N–H and O–H groups in total. The maximum Gasteiger partial charge on any atom is 0.341 e. The van der Waals surface area contributed by atoms with E-state index in [4.69, 9.17) is 30.9 Å². The van der Waals surface area contributed by atoms with Crippen LogP contribution in [0.2, 0.25) is 5.02 Å². The normalized spacial score (nSPS) is 10.1. The first-order valence-electron chi connectivity index (χ1n) is 8.27. The molecule has 0 aliphatic heterocycles. The average molecular weight is 394 g/mol. The summed E-state index contributed by atoms with van der Waals surface area (Å²) >= 11 is 5.80. The number of nitrogens with one attached hydrogen (secondary N) is 1. The van der Waals surface area contributed by atoms with Gasteiger partial charge in [-0.15, -0.1) is 0 Å². The number of benzene rings is 2. The number of rotatable bonds is 10. The van der Waals surface area contributed by atoms with Crippen LogP contribution in [0.25, 0.3) is 0 Å². The number of halogens is 1. The molecule has 0 aliphatic rings. The molecule has 1 amide bonds. The summed E-state index contributed by atoms with van der Waals surface area (Å²) in [4.78, 5) is 22.9. The highest BCUT2D eigenvalue weighted by atomic mass is 35.5. The topological polar surface area (TPSA) is 94.1 Å². The van der Waals surface area contributed by atoms with E-state index in [1.807, 2.05) is 0 Å². The minimum atomic E-state index is -1.10. The number of carbonyl (C=O) groups excluding carboxylic acids is 1. The highest BCUT2D eigenvalue weighted by Crippen LogP contribution is 2.28. The number of ether oxygens (including phenoxy) is 3. The van der Waals surface area contributed by atoms with Crippen molar-refractivity contribution in [1.29, 1.82) is 0 Å². The van der Waals surface area contributed by atoms with Gasteiger partial charge < -0.3 is 24.6 Å². The Hall–Kier alpha value is -2.93. The quantitative estimate of drug-likeness (QED) is 0.602. The first-order chi connectivity index (χ1) is 13.0. The Labute approximate surface area is 161 Å². The Balaban J connectivity index is 1.89. The highest BCUT2D eigenvalue weighted by Gasteiger charge is 2.12. The van der Waals surface area contributed by atoms with Crippen LogP contribution in [0.15, 0.2) is 42.5 Å². The molecule has 0 heterocycles. The molecule has 2 rings (SSSR count). The van der Waals surface area contributed by atoms with Crippen molar-refractivity contribution in [3.05, 3.63) is 53.1 Å². The van der Waals surface area contributed by atoms with Gasteiger partial charge >= 0.3 is 5.97 Å². The summed E-state index contributed by atoms with van der Waals surface area (Å²) in [6.07, 6.45) is 0. The zero-order valence-corrected chi connectivity index (χ0v) is 15.5. The van der Waals surface area contributed by atoms with E-state index >= 15 is 0 Å². The number of carbonyl (C=O) groups is 2. The van der Waals surface area contributed by atoms with E-state index in [2.05, 4.69) is 5.32 Å². The van der Waals surface area contributed by atoms with E-state index in [9.17, 15) is 9.59 Å². The summed E-state index contributed by atoms with van der Waals surface area (Å²) in [5.41, 5.74) is 0.368. The second-order valence-electron chi connectivity index (χ2n) is 5.34. The molecule has 0 aromatic heterocycles. The second kappa shape index (κ2) is 10.3. The van der Waals surface area contributed by atoms with Crippen molar-refractivity contribution in [3.63, 3.8) is 0 Å². The highest BCUT2D eigenvalue weighted by molar-refractivity contribution is 6.30. The smallest absolute Gasteiger partial charge is 0.341 e. The number of carboxylic acid groups (broad SMARTS) is 1. The third-order valence-electron chi connectivity index (χ3n) is 3.33. The summed E-state index contributed by atoms with van der Waals surface area (Å²) in [6.45, 7) is 2.24. The molecule has 2 aromatic rings. The lowest BCUT2D eigenvalue weighted by Gasteiger charge is -2.12. The van der Waals surface area contributed by atoms with Crippen LogP contribution >= 0.6 is 11.6 Å². The van der Waals surface area contributed by atoms with Crippen molar-refractivity contribution in [2.45, 2.75) is 6.92 Å². The monoisotopic (exact) mass is 393 g/mol. The van der Waals surface area contributed by atoms with Crippen LogP contribution in [-0.2, 0) is 4.79 Å². The van der Waals surface area contributed by atoms with Gasteiger partial charge in [0.1, 0.15) is 12.4 Å². The van der Waals surface area contributed by atoms with E-state index < -0.39 is 12.6 Å². The van der Waals surface area contributed by atoms with Gasteiger partial charge in [-0.2, -0.15) is 0 Å². The van der Waals surface area contributed by atoms with Gasteiger partial charge in [-0.25, -0.2) is 4.79 Å². The van der Waals surface area contributed by atoms with Crippen LogP contribution in [0.3, 0.4) is 0 Å². The number of hydrogen-bond donors (Lipinski definition) is 2. The van der Waals surface area contributed by atoms with Gasteiger partial charge in [0.2, 0.25) is 0 Å². The fourth-order valence-electron chi connectivity index (χ4n) is 2.14. The lowest BCUT2D eigenvalue weighted by atomic mass is 10.2. The van der Waals surface area contributed by atoms with Gasteiger partial charge in [-0.3, -0.25) is 4.79 Å². The molecule has 0 saturated carbocycles. The van der Waals surface area contributed by atoms with E-state index in [-0.39, 0.29) is 11.7 Å². The molecule has 0 radical (unpaired) electrons. The maximum absolute atomic E-state index is 12.3. The predicted molar refractivity (Wildman–Crippen MR) is 100 cm³/mol. The number of hydrogen-bond acceptors (Lipinski definition) is 5. The van der Waals surface area contributed by atoms with Crippen LogP contribution in [0.4, 0.5) is 0 Å². The SMILES string of the molecule is CCOc1cc(C(=O)NCCOc2ccc(Cl)cc2)ccc1OCC(=O)O. The van der Waals surface area contributed by atoms with Crippen molar-refractivity contribution in [1.82, 2.24) is 5.32 Å². The zero-order chi connectivity index (χ0) is 19.6. The summed E-state index contributed by atoms with van der Waals surface area (Å²) in [5.74, 6) is -0.168. The molecule has 0 unspecified atom stereocenters. The molecule has 0 spiro atoms. The Morgan fingerprint density at radius 3 is 2.44 bits per heavy atom. The largest absolute Gasteiger partial charge is 0.492 e. The predicted octanol–water partition coefficient (Wildman–Crippen LogP) is 3.01. The number of amides is 1. The van der Waals surface area contributed by atoms with Crippen molar-refractivity contribution in [3.8, 4) is 17.2 Å². The Kier molecular flexibility index (Phi) is 7.76. The molecule has 0 atom stereocenters. The van der Waals surface area contributed by atoms with Gasteiger partial charge in [0, 0.05) is 10.6 Å². The summed E-state index contributed by atoms with van der Waals surface area (Å²) < 4.78 is 16.1. The fraction of sp³-hybridized carbons (Fsp3) is 0.263. The molecule has 144 valence electrons. The molecule has 8 heteroatoms. The van der Waals surface area contributed by atoms with Crippen LogP contribution in [-0.4, -0.2) is 43.3 Å². The van der Waals surface area contributed by atoms with Gasteiger partial charge in [0.15, 0.2) is 18.1 Å². The van der Waals surface area contributed by atoms with Crippen LogP contribution in [0.1, 0.15) is 17.3 Å². The molecule has 0 fully saturated rings. The number of aliphatic carboxylic acids is 1. The third kappa shape index (κ3) is 6.71. The van der Waals surface area contributed by atoms with E-state index in [1.54, 1.807) is 31.2 Å². The molecule has 7 nitrogen and oxygen atoms in total. The summed E-state index contributed by atoms with van der Waals surface area (Å²) in [6, 6.07) is 11.5. The molecule has 0 saturated heterocycles.